The number of nitrogens with one attached hydrogen (secondary N) is 1. The van der Waals surface area contributed by atoms with Crippen molar-refractivity contribution in [2.75, 3.05) is 6.61 Å². The molecule has 0 aliphatic rings. The highest BCUT2D eigenvalue weighted by Gasteiger charge is 2.17. The van der Waals surface area contributed by atoms with Crippen LogP contribution in [0.2, 0.25) is 10.2 Å². The van der Waals surface area contributed by atoms with Gasteiger partial charge in [-0.25, -0.2) is 9.37 Å². The van der Waals surface area contributed by atoms with Gasteiger partial charge in [-0.15, -0.1) is 0 Å². The largest absolute Gasteiger partial charge is 0.394 e. The van der Waals surface area contributed by atoms with E-state index in [0.29, 0.717) is 5.56 Å². The summed E-state index contributed by atoms with van der Waals surface area (Å²) in [6.45, 7) is -0.395. The van der Waals surface area contributed by atoms with E-state index < -0.39 is 24.4 Å². The average molecular weight is 329 g/mol. The van der Waals surface area contributed by atoms with Crippen LogP contribution in [-0.4, -0.2) is 22.6 Å². The molecule has 7 heteroatoms. The third-order valence-corrected chi connectivity index (χ3v) is 3.30. The zero-order chi connectivity index (χ0) is 15.4. The summed E-state index contributed by atoms with van der Waals surface area (Å²) >= 11 is 11.3. The van der Waals surface area contributed by atoms with Gasteiger partial charge in [0.05, 0.1) is 17.7 Å². The lowest BCUT2D eigenvalue weighted by molar-refractivity contribution is 0.0911. The third kappa shape index (κ3) is 3.91. The predicted octanol–water partition coefficient (Wildman–Crippen LogP) is 2.99. The molecular weight excluding hydrogens is 318 g/mol. The molecule has 1 unspecified atom stereocenters. The van der Waals surface area contributed by atoms with E-state index in [1.54, 1.807) is 6.07 Å². The van der Waals surface area contributed by atoms with Crippen LogP contribution in [0.5, 0.6) is 0 Å². The fraction of sp³-hybridized carbons (Fsp3) is 0.143. The summed E-state index contributed by atoms with van der Waals surface area (Å²) in [5, 5.41) is 12.1. The van der Waals surface area contributed by atoms with Crippen molar-refractivity contribution in [3.8, 4) is 0 Å². The first-order valence-corrected chi connectivity index (χ1v) is 6.76. The van der Waals surface area contributed by atoms with E-state index in [9.17, 15) is 14.3 Å². The Morgan fingerprint density at radius 3 is 2.71 bits per heavy atom. The molecule has 110 valence electrons. The first-order valence-electron chi connectivity index (χ1n) is 6.00. The number of aliphatic hydroxyl groups is 1. The van der Waals surface area contributed by atoms with Gasteiger partial charge in [0.1, 0.15) is 16.7 Å². The Bertz CT molecular complexity index is 667. The lowest BCUT2D eigenvalue weighted by Crippen LogP contribution is -2.31. The number of hydrogen-bond acceptors (Lipinski definition) is 3. The normalized spacial score (nSPS) is 12.0. The summed E-state index contributed by atoms with van der Waals surface area (Å²) in [5.41, 5.74) is 0.505. The number of aromatic nitrogens is 1. The molecule has 0 aliphatic heterocycles. The zero-order valence-corrected chi connectivity index (χ0v) is 12.2. The van der Waals surface area contributed by atoms with Crippen molar-refractivity contribution in [3.63, 3.8) is 0 Å². The molecule has 0 fully saturated rings. The van der Waals surface area contributed by atoms with Gasteiger partial charge in [0.25, 0.3) is 5.91 Å². The van der Waals surface area contributed by atoms with Crippen molar-refractivity contribution in [1.29, 1.82) is 0 Å². The van der Waals surface area contributed by atoms with Crippen molar-refractivity contribution < 1.29 is 14.3 Å². The van der Waals surface area contributed by atoms with Gasteiger partial charge in [0, 0.05) is 0 Å². The molecule has 1 amide bonds. The molecule has 0 saturated carbocycles. The van der Waals surface area contributed by atoms with Crippen molar-refractivity contribution in [1.82, 2.24) is 10.3 Å². The minimum atomic E-state index is -0.773. The highest BCUT2D eigenvalue weighted by Crippen LogP contribution is 2.20. The van der Waals surface area contributed by atoms with Gasteiger partial charge in [-0.2, -0.15) is 0 Å². The lowest BCUT2D eigenvalue weighted by atomic mass is 10.1. The zero-order valence-electron chi connectivity index (χ0n) is 10.7. The van der Waals surface area contributed by atoms with Crippen LogP contribution in [0.3, 0.4) is 0 Å². The van der Waals surface area contributed by atoms with Gasteiger partial charge >= 0.3 is 0 Å². The molecule has 0 spiro atoms. The van der Waals surface area contributed by atoms with E-state index in [2.05, 4.69) is 10.3 Å². The van der Waals surface area contributed by atoms with Crippen LogP contribution in [0, 0.1) is 5.82 Å². The molecule has 2 rings (SSSR count). The standard InChI is InChI=1S/C14H11Cl2FN2O2/c15-9-5-4-8(6-10(9)17)12(7-20)19-14(21)11-2-1-3-13(16)18-11/h1-6,12,20H,7H2,(H,19,21). The monoisotopic (exact) mass is 328 g/mol. The molecule has 2 aromatic rings. The number of amides is 1. The first-order chi connectivity index (χ1) is 10.0. The maximum absolute atomic E-state index is 13.4. The Hall–Kier alpha value is -1.69. The summed E-state index contributed by atoms with van der Waals surface area (Å²) in [7, 11) is 0. The second kappa shape index (κ2) is 6.85. The molecule has 0 radical (unpaired) electrons. The average Bonchev–Trinajstić information content (AvgIpc) is 2.47. The third-order valence-electron chi connectivity index (χ3n) is 2.78. The maximum atomic E-state index is 13.4. The number of benzene rings is 1. The highest BCUT2D eigenvalue weighted by atomic mass is 35.5. The first kappa shape index (κ1) is 15.7. The van der Waals surface area contributed by atoms with Crippen molar-refractivity contribution in [2.45, 2.75) is 6.04 Å². The number of aliphatic hydroxyl groups excluding tert-OH is 1. The summed E-state index contributed by atoms with van der Waals surface area (Å²) in [6, 6.07) is 7.88. The maximum Gasteiger partial charge on any atom is 0.270 e. The molecule has 0 aliphatic carbocycles. The molecule has 0 bridgehead atoms. The number of carbonyl (C=O) groups excluding carboxylic acids is 1. The van der Waals surface area contributed by atoms with Gasteiger partial charge in [-0.3, -0.25) is 4.79 Å². The molecule has 21 heavy (non-hydrogen) atoms. The van der Waals surface area contributed by atoms with E-state index in [4.69, 9.17) is 23.2 Å². The molecule has 1 aromatic carbocycles. The Kier molecular flexibility index (Phi) is 5.12. The summed E-state index contributed by atoms with van der Waals surface area (Å²) in [5.74, 6) is -1.14. The number of carbonyl (C=O) groups is 1. The smallest absolute Gasteiger partial charge is 0.270 e. The van der Waals surface area contributed by atoms with E-state index in [1.165, 1.54) is 24.3 Å². The van der Waals surface area contributed by atoms with Gasteiger partial charge in [0.15, 0.2) is 0 Å². The van der Waals surface area contributed by atoms with Crippen molar-refractivity contribution in [2.24, 2.45) is 0 Å². The molecular formula is C14H11Cl2FN2O2. The number of rotatable bonds is 4. The van der Waals surface area contributed by atoms with E-state index >= 15 is 0 Å². The minimum absolute atomic E-state index is 0.0294. The van der Waals surface area contributed by atoms with E-state index in [0.717, 1.165) is 6.07 Å². The SMILES string of the molecule is O=C(NC(CO)c1ccc(Cl)c(F)c1)c1cccc(Cl)n1. The second-order valence-electron chi connectivity index (χ2n) is 4.23. The minimum Gasteiger partial charge on any atom is -0.394 e. The van der Waals surface area contributed by atoms with Gasteiger partial charge in [-0.1, -0.05) is 35.3 Å². The summed E-state index contributed by atoms with van der Waals surface area (Å²) < 4.78 is 13.4. The molecule has 0 saturated heterocycles. The molecule has 2 N–H and O–H groups in total. The van der Waals surface area contributed by atoms with Crippen LogP contribution in [0.15, 0.2) is 36.4 Å². The summed E-state index contributed by atoms with van der Waals surface area (Å²) in [6.07, 6.45) is 0. The number of pyridine rings is 1. The van der Waals surface area contributed by atoms with Crippen LogP contribution >= 0.6 is 23.2 Å². The quantitative estimate of drug-likeness (QED) is 0.848. The van der Waals surface area contributed by atoms with Crippen molar-refractivity contribution in [3.05, 3.63) is 63.6 Å². The van der Waals surface area contributed by atoms with Crippen LogP contribution in [-0.2, 0) is 0 Å². The predicted molar refractivity (Wildman–Crippen MR) is 78.0 cm³/mol. The Morgan fingerprint density at radius 1 is 1.33 bits per heavy atom. The Balaban J connectivity index is 2.18. The molecule has 4 nitrogen and oxygen atoms in total. The highest BCUT2D eigenvalue weighted by molar-refractivity contribution is 6.30. The molecule has 1 aromatic heterocycles. The lowest BCUT2D eigenvalue weighted by Gasteiger charge is -2.17. The Labute approximate surface area is 130 Å². The van der Waals surface area contributed by atoms with Crippen LogP contribution in [0.4, 0.5) is 4.39 Å². The fourth-order valence-corrected chi connectivity index (χ4v) is 2.01. The van der Waals surface area contributed by atoms with Crippen LogP contribution < -0.4 is 5.32 Å². The van der Waals surface area contributed by atoms with Gasteiger partial charge in [-0.05, 0) is 29.8 Å². The number of nitrogens with zero attached hydrogens (tertiary/aromatic N) is 1. The Morgan fingerprint density at radius 2 is 2.10 bits per heavy atom. The van der Waals surface area contributed by atoms with Crippen molar-refractivity contribution >= 4 is 29.1 Å². The number of halogens is 3. The van der Waals surface area contributed by atoms with E-state index in [1.807, 2.05) is 0 Å². The molecule has 1 heterocycles. The van der Waals surface area contributed by atoms with Crippen LogP contribution in [0.1, 0.15) is 22.1 Å². The topological polar surface area (TPSA) is 62.2 Å². The number of hydrogen-bond donors (Lipinski definition) is 2. The fourth-order valence-electron chi connectivity index (χ4n) is 1.73. The second-order valence-corrected chi connectivity index (χ2v) is 5.02. The summed E-state index contributed by atoms with van der Waals surface area (Å²) in [4.78, 5) is 15.9. The van der Waals surface area contributed by atoms with Gasteiger partial charge < -0.3 is 10.4 Å². The van der Waals surface area contributed by atoms with Gasteiger partial charge in [0.2, 0.25) is 0 Å². The molecule has 1 atom stereocenters. The van der Waals surface area contributed by atoms with Crippen LogP contribution in [0.25, 0.3) is 0 Å². The van der Waals surface area contributed by atoms with E-state index in [-0.39, 0.29) is 15.9 Å².